The van der Waals surface area contributed by atoms with E-state index in [1.54, 1.807) is 4.40 Å². The van der Waals surface area contributed by atoms with Crippen molar-refractivity contribution in [3.63, 3.8) is 0 Å². The summed E-state index contributed by atoms with van der Waals surface area (Å²) in [5.41, 5.74) is 7.10. The first-order valence-corrected chi connectivity index (χ1v) is 7.18. The first-order valence-electron chi connectivity index (χ1n) is 6.39. The van der Waals surface area contributed by atoms with Crippen LogP contribution < -0.4 is 5.73 Å². The number of nitrogen functional groups attached to an aromatic ring is 1. The van der Waals surface area contributed by atoms with Gasteiger partial charge >= 0.3 is 0 Å². The van der Waals surface area contributed by atoms with E-state index in [1.165, 1.54) is 6.42 Å². The lowest BCUT2D eigenvalue weighted by atomic mass is 10.1. The molecule has 0 atom stereocenters. The second-order valence-electron chi connectivity index (χ2n) is 4.77. The molecular weight excluding hydrogens is 308 g/mol. The SMILES string of the molecule is Nc1c(C(=O)N2CCCCC2)nc2ccc(Br)cn12. The van der Waals surface area contributed by atoms with Crippen LogP contribution in [-0.4, -0.2) is 33.3 Å². The fraction of sp³-hybridized carbons (Fsp3) is 0.385. The minimum atomic E-state index is -0.0583. The van der Waals surface area contributed by atoms with E-state index < -0.39 is 0 Å². The van der Waals surface area contributed by atoms with E-state index in [0.29, 0.717) is 17.2 Å². The number of hydrogen-bond donors (Lipinski definition) is 1. The largest absolute Gasteiger partial charge is 0.383 e. The number of imidazole rings is 1. The molecule has 0 aliphatic carbocycles. The Morgan fingerprint density at radius 1 is 1.26 bits per heavy atom. The summed E-state index contributed by atoms with van der Waals surface area (Å²) in [6, 6.07) is 3.73. The van der Waals surface area contributed by atoms with Gasteiger partial charge in [0, 0.05) is 23.8 Å². The zero-order valence-electron chi connectivity index (χ0n) is 10.5. The van der Waals surface area contributed by atoms with Crippen molar-refractivity contribution in [2.45, 2.75) is 19.3 Å². The number of amides is 1. The number of hydrogen-bond acceptors (Lipinski definition) is 3. The molecule has 6 heteroatoms. The van der Waals surface area contributed by atoms with Crippen molar-refractivity contribution in [1.82, 2.24) is 14.3 Å². The van der Waals surface area contributed by atoms with E-state index in [1.807, 2.05) is 23.2 Å². The van der Waals surface area contributed by atoms with Gasteiger partial charge in [0.15, 0.2) is 5.69 Å². The number of nitrogens with zero attached hydrogens (tertiary/aromatic N) is 3. The highest BCUT2D eigenvalue weighted by Gasteiger charge is 2.23. The number of likely N-dealkylation sites (tertiary alicyclic amines) is 1. The second kappa shape index (κ2) is 4.85. The van der Waals surface area contributed by atoms with Crippen LogP contribution in [-0.2, 0) is 0 Å². The molecule has 100 valence electrons. The van der Waals surface area contributed by atoms with Gasteiger partial charge in [-0.25, -0.2) is 4.98 Å². The summed E-state index contributed by atoms with van der Waals surface area (Å²) in [6.07, 6.45) is 5.14. The van der Waals surface area contributed by atoms with Gasteiger partial charge in [-0.15, -0.1) is 0 Å². The number of nitrogens with two attached hydrogens (primary N) is 1. The fourth-order valence-electron chi connectivity index (χ4n) is 2.44. The maximum Gasteiger partial charge on any atom is 0.276 e. The molecule has 2 N–H and O–H groups in total. The molecule has 0 radical (unpaired) electrons. The monoisotopic (exact) mass is 322 g/mol. The molecule has 3 rings (SSSR count). The third-order valence-corrected chi connectivity index (χ3v) is 3.93. The third-order valence-electron chi connectivity index (χ3n) is 3.47. The van der Waals surface area contributed by atoms with Crippen LogP contribution in [0.1, 0.15) is 29.8 Å². The molecule has 0 bridgehead atoms. The minimum absolute atomic E-state index is 0.0583. The summed E-state index contributed by atoms with van der Waals surface area (Å²) in [5.74, 6) is 0.351. The quantitative estimate of drug-likeness (QED) is 0.876. The number of halogens is 1. The molecule has 1 aliphatic heterocycles. The highest BCUT2D eigenvalue weighted by molar-refractivity contribution is 9.10. The Morgan fingerprint density at radius 3 is 2.74 bits per heavy atom. The van der Waals surface area contributed by atoms with E-state index in [0.717, 1.165) is 30.4 Å². The predicted molar refractivity (Wildman–Crippen MR) is 77.1 cm³/mol. The Kier molecular flexibility index (Phi) is 3.18. The summed E-state index contributed by atoms with van der Waals surface area (Å²) >= 11 is 3.39. The number of fused-ring (bicyclic) bond motifs is 1. The molecular formula is C13H15BrN4O. The first kappa shape index (κ1) is 12.5. The molecule has 3 heterocycles. The van der Waals surface area contributed by atoms with Gasteiger partial charge in [-0.3, -0.25) is 9.20 Å². The summed E-state index contributed by atoms with van der Waals surface area (Å²) < 4.78 is 2.64. The average molecular weight is 323 g/mol. The number of rotatable bonds is 1. The van der Waals surface area contributed by atoms with E-state index >= 15 is 0 Å². The molecule has 1 fully saturated rings. The van der Waals surface area contributed by atoms with Crippen molar-refractivity contribution < 1.29 is 4.79 Å². The molecule has 0 unspecified atom stereocenters. The van der Waals surface area contributed by atoms with Crippen molar-refractivity contribution in [1.29, 1.82) is 0 Å². The summed E-state index contributed by atoms with van der Waals surface area (Å²) in [7, 11) is 0. The molecule has 5 nitrogen and oxygen atoms in total. The lowest BCUT2D eigenvalue weighted by Crippen LogP contribution is -2.36. The maximum atomic E-state index is 12.4. The standard InChI is InChI=1S/C13H15BrN4O/c14-9-4-5-10-16-11(12(15)18(10)8-9)13(19)17-6-2-1-3-7-17/h4-5,8H,1-3,6-7,15H2. The molecule has 0 saturated carbocycles. The second-order valence-corrected chi connectivity index (χ2v) is 5.69. The number of carbonyl (C=O) groups excluding carboxylic acids is 1. The van der Waals surface area contributed by atoms with Crippen molar-refractivity contribution >= 4 is 33.3 Å². The van der Waals surface area contributed by atoms with Crippen LogP contribution in [0.4, 0.5) is 5.82 Å². The van der Waals surface area contributed by atoms with Gasteiger partial charge in [-0.2, -0.15) is 0 Å². The van der Waals surface area contributed by atoms with Gasteiger partial charge in [-0.1, -0.05) is 0 Å². The van der Waals surface area contributed by atoms with Gasteiger partial charge < -0.3 is 10.6 Å². The fourth-order valence-corrected chi connectivity index (χ4v) is 2.78. The molecule has 1 saturated heterocycles. The molecule has 2 aromatic rings. The topological polar surface area (TPSA) is 63.6 Å². The number of carbonyl (C=O) groups is 1. The summed E-state index contributed by atoms with van der Waals surface area (Å²) in [6.45, 7) is 1.60. The van der Waals surface area contributed by atoms with Crippen LogP contribution in [0.25, 0.3) is 5.65 Å². The van der Waals surface area contributed by atoms with Crippen LogP contribution in [0, 0.1) is 0 Å². The van der Waals surface area contributed by atoms with E-state index in [4.69, 9.17) is 5.73 Å². The van der Waals surface area contributed by atoms with Crippen LogP contribution >= 0.6 is 15.9 Å². The predicted octanol–water partition coefficient (Wildman–Crippen LogP) is 2.31. The number of piperidine rings is 1. The Hall–Kier alpha value is -1.56. The van der Waals surface area contributed by atoms with Crippen molar-refractivity contribution in [2.75, 3.05) is 18.8 Å². The molecule has 0 spiro atoms. The Morgan fingerprint density at radius 2 is 2.00 bits per heavy atom. The van der Waals surface area contributed by atoms with Crippen LogP contribution in [0.3, 0.4) is 0 Å². The Bertz CT molecular complexity index is 631. The van der Waals surface area contributed by atoms with Crippen LogP contribution in [0.2, 0.25) is 0 Å². The molecule has 1 amide bonds. The summed E-state index contributed by atoms with van der Waals surface area (Å²) in [5, 5.41) is 0. The Labute approximate surface area is 119 Å². The van der Waals surface area contributed by atoms with Gasteiger partial charge in [0.25, 0.3) is 5.91 Å². The van der Waals surface area contributed by atoms with Gasteiger partial charge in [0.2, 0.25) is 0 Å². The van der Waals surface area contributed by atoms with E-state index in [2.05, 4.69) is 20.9 Å². The molecule has 2 aromatic heterocycles. The highest BCUT2D eigenvalue weighted by atomic mass is 79.9. The third kappa shape index (κ3) is 2.20. The zero-order valence-corrected chi connectivity index (χ0v) is 12.1. The van der Waals surface area contributed by atoms with Crippen LogP contribution in [0.15, 0.2) is 22.8 Å². The molecule has 0 aromatic carbocycles. The maximum absolute atomic E-state index is 12.4. The van der Waals surface area contributed by atoms with Crippen LogP contribution in [0.5, 0.6) is 0 Å². The smallest absolute Gasteiger partial charge is 0.276 e. The normalized spacial score (nSPS) is 15.9. The van der Waals surface area contributed by atoms with Gasteiger partial charge in [-0.05, 0) is 47.3 Å². The van der Waals surface area contributed by atoms with Crippen molar-refractivity contribution in [2.24, 2.45) is 0 Å². The first-order chi connectivity index (χ1) is 9.16. The molecule has 1 aliphatic rings. The number of anilines is 1. The highest BCUT2D eigenvalue weighted by Crippen LogP contribution is 2.21. The zero-order chi connectivity index (χ0) is 13.4. The number of aromatic nitrogens is 2. The van der Waals surface area contributed by atoms with Crippen molar-refractivity contribution in [3.05, 3.63) is 28.5 Å². The number of pyridine rings is 1. The van der Waals surface area contributed by atoms with Crippen molar-refractivity contribution in [3.8, 4) is 0 Å². The van der Waals surface area contributed by atoms with Gasteiger partial charge in [0.1, 0.15) is 11.5 Å². The van der Waals surface area contributed by atoms with Gasteiger partial charge in [0.05, 0.1) is 0 Å². The van der Waals surface area contributed by atoms with E-state index in [9.17, 15) is 4.79 Å². The minimum Gasteiger partial charge on any atom is -0.383 e. The Balaban J connectivity index is 2.00. The molecule has 19 heavy (non-hydrogen) atoms. The van der Waals surface area contributed by atoms with E-state index in [-0.39, 0.29) is 5.91 Å². The summed E-state index contributed by atoms with van der Waals surface area (Å²) in [4.78, 5) is 18.6. The lowest BCUT2D eigenvalue weighted by molar-refractivity contribution is 0.0720. The average Bonchev–Trinajstić information content (AvgIpc) is 2.76. The lowest BCUT2D eigenvalue weighted by Gasteiger charge is -2.25.